The number of benzene rings is 3. The number of methoxy groups -OCH3 is 1. The minimum atomic E-state index is -0.812. The largest absolute Gasteiger partial charge is 0.508 e. The molecule has 0 fully saturated rings. The number of hydrogen-bond acceptors (Lipinski definition) is 8. The summed E-state index contributed by atoms with van der Waals surface area (Å²) in [5.74, 6) is -1.01. The smallest absolute Gasteiger partial charge is 0.312 e. The minimum Gasteiger partial charge on any atom is -0.508 e. The van der Waals surface area contributed by atoms with Gasteiger partial charge in [0, 0.05) is 40.8 Å². The van der Waals surface area contributed by atoms with Gasteiger partial charge in [-0.1, -0.05) is 0 Å². The second kappa shape index (κ2) is 8.27. The zero-order valence-electron chi connectivity index (χ0n) is 19.4. The normalized spacial score (nSPS) is 14.9. The molecular formula is C28H19NO8. The third kappa shape index (κ3) is 3.68. The fourth-order valence-corrected chi connectivity index (χ4v) is 4.78. The van der Waals surface area contributed by atoms with Gasteiger partial charge in [-0.05, 0) is 47.9 Å². The lowest BCUT2D eigenvalue weighted by Crippen LogP contribution is -2.26. The average Bonchev–Trinajstić information content (AvgIpc) is 2.87. The quantitative estimate of drug-likeness (QED) is 0.249. The third-order valence-corrected chi connectivity index (χ3v) is 6.53. The van der Waals surface area contributed by atoms with Gasteiger partial charge in [0.25, 0.3) is 5.56 Å². The number of aromatic nitrogens is 1. The molecule has 0 unspecified atom stereocenters. The summed E-state index contributed by atoms with van der Waals surface area (Å²) in [6.45, 7) is 0. The molecule has 37 heavy (non-hydrogen) atoms. The Labute approximate surface area is 208 Å². The average molecular weight is 497 g/mol. The Hall–Kier alpha value is -5.05. The summed E-state index contributed by atoms with van der Waals surface area (Å²) < 4.78 is 16.8. The first-order valence-electron chi connectivity index (χ1n) is 11.4. The Morgan fingerprint density at radius 2 is 1.76 bits per heavy atom. The predicted molar refractivity (Wildman–Crippen MR) is 134 cm³/mol. The first kappa shape index (κ1) is 22.4. The van der Waals surface area contributed by atoms with Gasteiger partial charge in [-0.25, -0.2) is 0 Å². The van der Waals surface area contributed by atoms with Crippen molar-refractivity contribution in [3.05, 3.63) is 92.4 Å². The maximum absolute atomic E-state index is 13.2. The molecule has 5 aromatic rings. The first-order chi connectivity index (χ1) is 17.8. The first-order valence-corrected chi connectivity index (χ1v) is 11.4. The van der Waals surface area contributed by atoms with Crippen molar-refractivity contribution < 1.29 is 28.9 Å². The Morgan fingerprint density at radius 3 is 2.51 bits per heavy atom. The molecule has 0 aliphatic carbocycles. The van der Waals surface area contributed by atoms with Crippen LogP contribution in [-0.2, 0) is 4.79 Å². The molecule has 2 aromatic heterocycles. The monoisotopic (exact) mass is 497 g/mol. The maximum Gasteiger partial charge on any atom is 0.312 e. The number of fused-ring (bicyclic) bond motifs is 4. The van der Waals surface area contributed by atoms with E-state index >= 15 is 0 Å². The summed E-state index contributed by atoms with van der Waals surface area (Å²) in [5, 5.41) is 20.9. The van der Waals surface area contributed by atoms with E-state index in [0.717, 1.165) is 0 Å². The highest BCUT2D eigenvalue weighted by Crippen LogP contribution is 2.45. The molecule has 0 radical (unpaired) electrons. The Kier molecular flexibility index (Phi) is 5.01. The van der Waals surface area contributed by atoms with Gasteiger partial charge in [-0.3, -0.25) is 14.4 Å². The molecule has 0 saturated carbocycles. The van der Waals surface area contributed by atoms with Crippen LogP contribution in [0.15, 0.2) is 74.7 Å². The van der Waals surface area contributed by atoms with Gasteiger partial charge in [-0.15, -0.1) is 0 Å². The lowest BCUT2D eigenvalue weighted by Gasteiger charge is -2.25. The van der Waals surface area contributed by atoms with Crippen LogP contribution in [0.25, 0.3) is 33.2 Å². The topological polar surface area (TPSA) is 139 Å². The van der Waals surface area contributed by atoms with Crippen LogP contribution in [-0.4, -0.2) is 28.3 Å². The van der Waals surface area contributed by atoms with Crippen LogP contribution in [0.1, 0.15) is 23.5 Å². The van der Waals surface area contributed by atoms with Gasteiger partial charge in [0.2, 0.25) is 0 Å². The standard InChI is InChI=1S/C28H19NO8/c1-35-16-7-4-14-8-18(28(34)29-19(14)9-16)17-10-24(33)36-23-12-21(32)26-20(31)11-22(37-27(26)25(17)23)13-2-5-15(30)6-3-13/h2-9,11-12,17,30,32H,10H2,1H3,(H,29,34)/t17-/m1/s1. The van der Waals surface area contributed by atoms with Crippen LogP contribution in [0.4, 0.5) is 0 Å². The number of phenols is 2. The molecule has 3 N–H and O–H groups in total. The van der Waals surface area contributed by atoms with E-state index in [1.807, 2.05) is 0 Å². The second-order valence-electron chi connectivity index (χ2n) is 8.77. The summed E-state index contributed by atoms with van der Waals surface area (Å²) in [6, 6.07) is 15.4. The zero-order valence-corrected chi connectivity index (χ0v) is 19.4. The molecule has 1 aliphatic heterocycles. The summed E-state index contributed by atoms with van der Waals surface area (Å²) in [6.07, 6.45) is -0.176. The minimum absolute atomic E-state index is 0.00600. The van der Waals surface area contributed by atoms with Gasteiger partial charge >= 0.3 is 5.97 Å². The zero-order chi connectivity index (χ0) is 25.8. The number of carbonyl (C=O) groups excluding carboxylic acids is 1. The molecular weight excluding hydrogens is 478 g/mol. The molecule has 1 atom stereocenters. The van der Waals surface area contributed by atoms with E-state index in [4.69, 9.17) is 13.9 Å². The summed E-state index contributed by atoms with van der Waals surface area (Å²) in [7, 11) is 1.53. The Morgan fingerprint density at radius 1 is 0.973 bits per heavy atom. The van der Waals surface area contributed by atoms with Crippen molar-refractivity contribution >= 4 is 27.8 Å². The number of H-pyrrole nitrogens is 1. The molecule has 3 aromatic carbocycles. The highest BCUT2D eigenvalue weighted by atomic mass is 16.5. The van der Waals surface area contributed by atoms with Crippen LogP contribution >= 0.6 is 0 Å². The second-order valence-corrected chi connectivity index (χ2v) is 8.77. The number of nitrogens with one attached hydrogen (secondary N) is 1. The van der Waals surface area contributed by atoms with E-state index in [-0.39, 0.29) is 40.2 Å². The van der Waals surface area contributed by atoms with Crippen molar-refractivity contribution in [2.24, 2.45) is 0 Å². The van der Waals surface area contributed by atoms with Crippen LogP contribution < -0.4 is 20.5 Å². The number of phenolic OH excluding ortho intramolecular Hbond substituents is 2. The molecule has 184 valence electrons. The fraction of sp³-hybridized carbons (Fsp3) is 0.107. The van der Waals surface area contributed by atoms with Crippen LogP contribution in [0.2, 0.25) is 0 Å². The van der Waals surface area contributed by atoms with E-state index in [1.165, 1.54) is 31.4 Å². The molecule has 0 spiro atoms. The summed E-state index contributed by atoms with van der Waals surface area (Å²) >= 11 is 0. The van der Waals surface area contributed by atoms with Gasteiger partial charge in [-0.2, -0.15) is 0 Å². The van der Waals surface area contributed by atoms with Crippen LogP contribution in [0.3, 0.4) is 0 Å². The molecule has 1 aliphatic rings. The molecule has 3 heterocycles. The van der Waals surface area contributed by atoms with E-state index < -0.39 is 28.6 Å². The molecule has 6 rings (SSSR count). The van der Waals surface area contributed by atoms with Crippen molar-refractivity contribution in [3.63, 3.8) is 0 Å². The number of aromatic amines is 1. The summed E-state index contributed by atoms with van der Waals surface area (Å²) in [5.41, 5.74) is 0.727. The number of ether oxygens (including phenoxy) is 2. The van der Waals surface area contributed by atoms with E-state index in [2.05, 4.69) is 4.98 Å². The molecule has 0 amide bonds. The molecule has 0 saturated heterocycles. The van der Waals surface area contributed by atoms with Gasteiger partial charge in [0.1, 0.15) is 39.7 Å². The number of hydrogen-bond donors (Lipinski definition) is 3. The lowest BCUT2D eigenvalue weighted by atomic mass is 9.85. The van der Waals surface area contributed by atoms with Crippen molar-refractivity contribution in [1.29, 1.82) is 0 Å². The van der Waals surface area contributed by atoms with Crippen molar-refractivity contribution in [1.82, 2.24) is 4.98 Å². The molecule has 9 nitrogen and oxygen atoms in total. The Balaban J connectivity index is 1.63. The van der Waals surface area contributed by atoms with E-state index in [0.29, 0.717) is 27.8 Å². The summed E-state index contributed by atoms with van der Waals surface area (Å²) in [4.78, 5) is 41.7. The van der Waals surface area contributed by atoms with Crippen molar-refractivity contribution in [2.45, 2.75) is 12.3 Å². The van der Waals surface area contributed by atoms with Gasteiger partial charge in [0.05, 0.1) is 19.0 Å². The lowest BCUT2D eigenvalue weighted by molar-refractivity contribution is -0.135. The van der Waals surface area contributed by atoms with Crippen LogP contribution in [0, 0.1) is 0 Å². The number of esters is 1. The fourth-order valence-electron chi connectivity index (χ4n) is 4.78. The highest BCUT2D eigenvalue weighted by molar-refractivity contribution is 5.93. The maximum atomic E-state index is 13.2. The van der Waals surface area contributed by atoms with E-state index in [9.17, 15) is 24.6 Å². The molecule has 9 heteroatoms. The van der Waals surface area contributed by atoms with E-state index in [1.54, 1.807) is 36.4 Å². The van der Waals surface area contributed by atoms with Gasteiger partial charge < -0.3 is 29.1 Å². The Bertz CT molecular complexity index is 1850. The number of pyridine rings is 1. The van der Waals surface area contributed by atoms with Crippen molar-refractivity contribution in [3.8, 4) is 34.3 Å². The van der Waals surface area contributed by atoms with Gasteiger partial charge in [0.15, 0.2) is 5.43 Å². The SMILES string of the molecule is COc1ccc2cc([C@H]3CC(=O)Oc4cc(O)c5c(=O)cc(-c6ccc(O)cc6)oc5c43)c(=O)[nH]c2c1. The third-order valence-electron chi connectivity index (χ3n) is 6.53. The number of carbonyl (C=O) groups is 1. The van der Waals surface area contributed by atoms with Crippen molar-refractivity contribution in [2.75, 3.05) is 7.11 Å². The molecule has 0 bridgehead atoms. The predicted octanol–water partition coefficient (Wildman–Crippen LogP) is 4.16. The highest BCUT2D eigenvalue weighted by Gasteiger charge is 2.35. The number of rotatable bonds is 3. The van der Waals surface area contributed by atoms with Crippen LogP contribution in [0.5, 0.6) is 23.0 Å². The number of aromatic hydroxyl groups is 2.